The maximum atomic E-state index is 12.3. The molecule has 2 rings (SSSR count). The van der Waals surface area contributed by atoms with Gasteiger partial charge in [0.2, 0.25) is 0 Å². The number of rotatable bonds is 4. The molecule has 1 unspecified atom stereocenters. The Labute approximate surface area is 126 Å². The molecule has 0 radical (unpaired) electrons. The van der Waals surface area contributed by atoms with Crippen molar-refractivity contribution in [3.63, 3.8) is 0 Å². The lowest BCUT2D eigenvalue weighted by molar-refractivity contribution is 0.0695. The van der Waals surface area contributed by atoms with Crippen LogP contribution in [0.2, 0.25) is 0 Å². The minimum Gasteiger partial charge on any atom is -0.478 e. The molecule has 2 aromatic rings. The second-order valence-electron chi connectivity index (χ2n) is 5.83. The largest absolute Gasteiger partial charge is 0.478 e. The van der Waals surface area contributed by atoms with Gasteiger partial charge in [-0.3, -0.25) is 4.21 Å². The van der Waals surface area contributed by atoms with Crippen molar-refractivity contribution in [1.29, 1.82) is 0 Å². The molecular weight excluding hydrogens is 288 g/mol. The molecule has 112 valence electrons. The van der Waals surface area contributed by atoms with Gasteiger partial charge in [0.25, 0.3) is 0 Å². The number of carboxylic acids is 1. The summed E-state index contributed by atoms with van der Waals surface area (Å²) in [6.07, 6.45) is 1.30. The van der Waals surface area contributed by atoms with Gasteiger partial charge in [0.05, 0.1) is 22.8 Å². The first-order valence-electron chi connectivity index (χ1n) is 6.57. The monoisotopic (exact) mass is 306 g/mol. The van der Waals surface area contributed by atoms with E-state index in [2.05, 4.69) is 20.8 Å². The fourth-order valence-corrected chi connectivity index (χ4v) is 3.02. The summed E-state index contributed by atoms with van der Waals surface area (Å²) in [5.41, 5.74) is 1.26. The van der Waals surface area contributed by atoms with E-state index in [-0.39, 0.29) is 22.5 Å². The van der Waals surface area contributed by atoms with Crippen LogP contribution in [0.5, 0.6) is 0 Å². The number of carbonyl (C=O) groups is 1. The van der Waals surface area contributed by atoms with Crippen LogP contribution in [-0.2, 0) is 22.0 Å². The van der Waals surface area contributed by atoms with Gasteiger partial charge in [-0.15, -0.1) is 0 Å². The molecule has 0 amide bonds. The first kappa shape index (κ1) is 15.5. The lowest BCUT2D eigenvalue weighted by Gasteiger charge is -2.19. The minimum atomic E-state index is -1.33. The molecule has 0 aliphatic heterocycles. The van der Waals surface area contributed by atoms with Crippen LogP contribution in [0.4, 0.5) is 0 Å². The quantitative estimate of drug-likeness (QED) is 0.937. The third-order valence-corrected chi connectivity index (χ3v) is 4.54. The summed E-state index contributed by atoms with van der Waals surface area (Å²) < 4.78 is 17.4. The van der Waals surface area contributed by atoms with Crippen molar-refractivity contribution < 1.29 is 18.5 Å². The zero-order valence-corrected chi connectivity index (χ0v) is 13.1. The van der Waals surface area contributed by atoms with E-state index in [9.17, 15) is 9.00 Å². The molecule has 1 N–H and O–H groups in total. The maximum absolute atomic E-state index is 12.3. The molecule has 5 heteroatoms. The average Bonchev–Trinajstić information content (AvgIpc) is 2.86. The van der Waals surface area contributed by atoms with Crippen molar-refractivity contribution in [2.45, 2.75) is 36.8 Å². The van der Waals surface area contributed by atoms with Crippen LogP contribution in [0.3, 0.4) is 0 Å². The molecule has 21 heavy (non-hydrogen) atoms. The lowest BCUT2D eigenvalue weighted by Crippen LogP contribution is -2.11. The maximum Gasteiger partial charge on any atom is 0.339 e. The second-order valence-corrected chi connectivity index (χ2v) is 7.28. The molecule has 1 heterocycles. The predicted octanol–water partition coefficient (Wildman–Crippen LogP) is 3.58. The van der Waals surface area contributed by atoms with Gasteiger partial charge in [0, 0.05) is 4.90 Å². The molecule has 0 saturated heterocycles. The summed E-state index contributed by atoms with van der Waals surface area (Å²) in [5.74, 6) is -0.775. The van der Waals surface area contributed by atoms with Gasteiger partial charge in [-0.05, 0) is 29.2 Å². The Kier molecular flexibility index (Phi) is 4.32. The molecule has 0 saturated carbocycles. The van der Waals surface area contributed by atoms with Crippen molar-refractivity contribution in [2.75, 3.05) is 0 Å². The molecule has 0 aliphatic carbocycles. The van der Waals surface area contributed by atoms with Crippen molar-refractivity contribution in [3.8, 4) is 0 Å². The standard InChI is InChI=1S/C16H18O4S/c1-16(2,3)11-4-6-12(7-5-11)21(19)10-14-13(15(17)18)8-9-20-14/h4-9H,10H2,1-3H3,(H,17,18). The van der Waals surface area contributed by atoms with E-state index in [1.54, 1.807) is 0 Å². The van der Waals surface area contributed by atoms with E-state index >= 15 is 0 Å². The van der Waals surface area contributed by atoms with E-state index in [1.807, 2.05) is 24.3 Å². The third-order valence-electron chi connectivity index (χ3n) is 3.22. The molecule has 0 aliphatic rings. The number of furan rings is 1. The van der Waals surface area contributed by atoms with Gasteiger partial charge < -0.3 is 9.52 Å². The molecule has 0 bridgehead atoms. The summed E-state index contributed by atoms with van der Waals surface area (Å²) in [7, 11) is -1.33. The Bertz CT molecular complexity index is 662. The number of aromatic carboxylic acids is 1. The van der Waals surface area contributed by atoms with Gasteiger partial charge >= 0.3 is 5.97 Å². The minimum absolute atomic E-state index is 0.0392. The predicted molar refractivity (Wildman–Crippen MR) is 80.9 cm³/mol. The zero-order chi connectivity index (χ0) is 15.6. The highest BCUT2D eigenvalue weighted by molar-refractivity contribution is 7.84. The summed E-state index contributed by atoms with van der Waals surface area (Å²) >= 11 is 0. The number of hydrogen-bond donors (Lipinski definition) is 1. The highest BCUT2D eigenvalue weighted by Gasteiger charge is 2.18. The fraction of sp³-hybridized carbons (Fsp3) is 0.312. The summed E-state index contributed by atoms with van der Waals surface area (Å²) in [4.78, 5) is 11.7. The van der Waals surface area contributed by atoms with Gasteiger partial charge in [-0.2, -0.15) is 0 Å². The first-order valence-corrected chi connectivity index (χ1v) is 7.89. The average molecular weight is 306 g/mol. The first-order chi connectivity index (χ1) is 9.79. The van der Waals surface area contributed by atoms with E-state index in [0.29, 0.717) is 4.90 Å². The van der Waals surface area contributed by atoms with Gasteiger partial charge in [0.15, 0.2) is 0 Å². The second kappa shape index (κ2) is 5.85. The van der Waals surface area contributed by atoms with E-state index in [0.717, 1.165) is 5.56 Å². The molecule has 1 aromatic carbocycles. The van der Waals surface area contributed by atoms with E-state index < -0.39 is 16.8 Å². The molecule has 4 nitrogen and oxygen atoms in total. The lowest BCUT2D eigenvalue weighted by atomic mass is 9.87. The Morgan fingerprint density at radius 2 is 1.81 bits per heavy atom. The van der Waals surface area contributed by atoms with E-state index in [1.165, 1.54) is 12.3 Å². The Morgan fingerprint density at radius 3 is 2.33 bits per heavy atom. The van der Waals surface area contributed by atoms with Crippen LogP contribution >= 0.6 is 0 Å². The topological polar surface area (TPSA) is 67.5 Å². The van der Waals surface area contributed by atoms with Crippen LogP contribution < -0.4 is 0 Å². The fourth-order valence-electron chi connectivity index (χ4n) is 1.95. The van der Waals surface area contributed by atoms with E-state index in [4.69, 9.17) is 9.52 Å². The summed E-state index contributed by atoms with van der Waals surface area (Å²) in [6, 6.07) is 8.92. The van der Waals surface area contributed by atoms with Crippen LogP contribution in [0, 0.1) is 0 Å². The molecular formula is C16H18O4S. The third kappa shape index (κ3) is 3.61. The van der Waals surface area contributed by atoms with Crippen molar-refractivity contribution in [2.24, 2.45) is 0 Å². The van der Waals surface area contributed by atoms with Gasteiger partial charge in [-0.1, -0.05) is 32.9 Å². The highest BCUT2D eigenvalue weighted by Crippen LogP contribution is 2.24. The zero-order valence-electron chi connectivity index (χ0n) is 12.3. The summed E-state index contributed by atoms with van der Waals surface area (Å²) in [5, 5.41) is 9.00. The highest BCUT2D eigenvalue weighted by atomic mass is 32.2. The van der Waals surface area contributed by atoms with Crippen LogP contribution in [0.25, 0.3) is 0 Å². The van der Waals surface area contributed by atoms with Crippen LogP contribution in [-0.4, -0.2) is 15.3 Å². The van der Waals surface area contributed by atoms with Gasteiger partial charge in [0.1, 0.15) is 11.3 Å². The molecule has 0 spiro atoms. The molecule has 1 aromatic heterocycles. The number of benzene rings is 1. The molecule has 0 fully saturated rings. The van der Waals surface area contributed by atoms with Crippen molar-refractivity contribution in [3.05, 3.63) is 53.5 Å². The van der Waals surface area contributed by atoms with Gasteiger partial charge in [-0.25, -0.2) is 4.79 Å². The number of carboxylic acid groups (broad SMARTS) is 1. The summed E-state index contributed by atoms with van der Waals surface area (Å²) in [6.45, 7) is 6.34. The number of hydrogen-bond acceptors (Lipinski definition) is 3. The SMILES string of the molecule is CC(C)(C)c1ccc(S(=O)Cc2occc2C(=O)O)cc1. The smallest absolute Gasteiger partial charge is 0.339 e. The van der Waals surface area contributed by atoms with Crippen LogP contribution in [0.15, 0.2) is 45.9 Å². The molecule has 1 atom stereocenters. The van der Waals surface area contributed by atoms with Crippen LogP contribution in [0.1, 0.15) is 42.5 Å². The van der Waals surface area contributed by atoms with Crippen molar-refractivity contribution in [1.82, 2.24) is 0 Å². The Hall–Kier alpha value is -1.88. The Morgan fingerprint density at radius 1 is 1.19 bits per heavy atom. The normalized spacial score (nSPS) is 13.1. The Balaban J connectivity index is 2.17. The van der Waals surface area contributed by atoms with Crippen molar-refractivity contribution >= 4 is 16.8 Å².